The van der Waals surface area contributed by atoms with Gasteiger partial charge in [-0.05, 0) is 38.6 Å². The number of carbonyl (C=O) groups is 1. The van der Waals surface area contributed by atoms with Gasteiger partial charge in [-0.3, -0.25) is 4.79 Å². The Labute approximate surface area is 106 Å². The van der Waals surface area contributed by atoms with Gasteiger partial charge in [0.25, 0.3) is 5.91 Å². The van der Waals surface area contributed by atoms with Crippen molar-refractivity contribution in [2.24, 2.45) is 0 Å². The van der Waals surface area contributed by atoms with Crippen LogP contribution < -0.4 is 11.1 Å². The van der Waals surface area contributed by atoms with E-state index in [-0.39, 0.29) is 17.2 Å². The van der Waals surface area contributed by atoms with Gasteiger partial charge < -0.3 is 16.0 Å². The maximum atomic E-state index is 13.2. The minimum atomic E-state index is -0.555. The van der Waals surface area contributed by atoms with Crippen LogP contribution in [0.1, 0.15) is 23.2 Å². The Morgan fingerprint density at radius 3 is 3.06 bits per heavy atom. The fourth-order valence-electron chi connectivity index (χ4n) is 2.28. The number of nitrogen functional groups attached to an aromatic ring is 1. The van der Waals surface area contributed by atoms with Gasteiger partial charge in [0.2, 0.25) is 0 Å². The summed E-state index contributed by atoms with van der Waals surface area (Å²) in [6, 6.07) is 4.63. The van der Waals surface area contributed by atoms with E-state index in [2.05, 4.69) is 10.2 Å². The summed E-state index contributed by atoms with van der Waals surface area (Å²) in [4.78, 5) is 14.1. The fraction of sp³-hybridized carbons (Fsp3) is 0.462. The van der Waals surface area contributed by atoms with E-state index < -0.39 is 5.82 Å². The normalized spacial score (nSPS) is 20.0. The third kappa shape index (κ3) is 2.61. The van der Waals surface area contributed by atoms with E-state index in [1.165, 1.54) is 18.2 Å². The lowest BCUT2D eigenvalue weighted by Gasteiger charge is -2.19. The number of anilines is 1. The minimum Gasteiger partial charge on any atom is -0.396 e. The van der Waals surface area contributed by atoms with Crippen LogP contribution in [-0.4, -0.2) is 37.0 Å². The predicted octanol–water partition coefficient (Wildman–Crippen LogP) is 1.23. The molecule has 98 valence electrons. The van der Waals surface area contributed by atoms with Crippen molar-refractivity contribution in [3.05, 3.63) is 29.6 Å². The summed E-state index contributed by atoms with van der Waals surface area (Å²) in [5, 5.41) is 2.81. The van der Waals surface area contributed by atoms with Crippen LogP contribution in [0.4, 0.5) is 10.1 Å². The number of nitrogens with one attached hydrogen (secondary N) is 1. The molecule has 0 aromatic heterocycles. The summed E-state index contributed by atoms with van der Waals surface area (Å²) in [6.45, 7) is 1.63. The van der Waals surface area contributed by atoms with Gasteiger partial charge >= 0.3 is 0 Å². The van der Waals surface area contributed by atoms with Crippen molar-refractivity contribution < 1.29 is 9.18 Å². The highest BCUT2D eigenvalue weighted by atomic mass is 19.1. The highest BCUT2D eigenvalue weighted by molar-refractivity contribution is 5.99. The van der Waals surface area contributed by atoms with Crippen LogP contribution in [0.2, 0.25) is 0 Å². The first kappa shape index (κ1) is 12.8. The van der Waals surface area contributed by atoms with Crippen molar-refractivity contribution in [1.29, 1.82) is 0 Å². The number of likely N-dealkylation sites (N-methyl/N-ethyl adjacent to an activating group) is 1. The first-order chi connectivity index (χ1) is 8.59. The quantitative estimate of drug-likeness (QED) is 0.794. The molecule has 18 heavy (non-hydrogen) atoms. The van der Waals surface area contributed by atoms with Gasteiger partial charge in [0.1, 0.15) is 5.82 Å². The van der Waals surface area contributed by atoms with Crippen molar-refractivity contribution >= 4 is 11.6 Å². The lowest BCUT2D eigenvalue weighted by molar-refractivity contribution is 0.0944. The van der Waals surface area contributed by atoms with Crippen LogP contribution in [-0.2, 0) is 0 Å². The maximum Gasteiger partial charge on any atom is 0.253 e. The second kappa shape index (κ2) is 5.35. The van der Waals surface area contributed by atoms with Crippen LogP contribution in [0, 0.1) is 5.82 Å². The Morgan fingerprint density at radius 2 is 2.39 bits per heavy atom. The molecule has 1 atom stereocenters. The van der Waals surface area contributed by atoms with E-state index in [1.807, 2.05) is 7.05 Å². The Bertz CT molecular complexity index is 450. The van der Waals surface area contributed by atoms with Gasteiger partial charge in [0.05, 0.1) is 11.3 Å². The number of hydrogen-bond donors (Lipinski definition) is 2. The largest absolute Gasteiger partial charge is 0.396 e. The zero-order valence-electron chi connectivity index (χ0n) is 10.4. The molecule has 1 fully saturated rings. The molecule has 3 N–H and O–H groups in total. The summed E-state index contributed by atoms with van der Waals surface area (Å²) >= 11 is 0. The summed E-state index contributed by atoms with van der Waals surface area (Å²) in [5.74, 6) is -0.868. The van der Waals surface area contributed by atoms with Gasteiger partial charge in [-0.1, -0.05) is 6.07 Å². The SMILES string of the molecule is CN1CCCC1CNC(=O)c1cccc(F)c1N. The van der Waals surface area contributed by atoms with Crippen molar-refractivity contribution in [3.8, 4) is 0 Å². The van der Waals surface area contributed by atoms with Gasteiger partial charge in [-0.25, -0.2) is 4.39 Å². The van der Waals surface area contributed by atoms with Crippen LogP contribution >= 0.6 is 0 Å². The molecule has 1 aromatic carbocycles. The molecule has 5 heteroatoms. The maximum absolute atomic E-state index is 13.2. The van der Waals surface area contributed by atoms with Crippen molar-refractivity contribution in [3.63, 3.8) is 0 Å². The number of rotatable bonds is 3. The van der Waals surface area contributed by atoms with Crippen molar-refractivity contribution in [2.75, 3.05) is 25.9 Å². The molecule has 1 heterocycles. The van der Waals surface area contributed by atoms with Crippen LogP contribution in [0.3, 0.4) is 0 Å². The molecule has 0 bridgehead atoms. The Morgan fingerprint density at radius 1 is 1.61 bits per heavy atom. The first-order valence-electron chi connectivity index (χ1n) is 6.12. The van der Waals surface area contributed by atoms with Crippen LogP contribution in [0.5, 0.6) is 0 Å². The average Bonchev–Trinajstić information content (AvgIpc) is 2.75. The molecule has 0 aliphatic carbocycles. The van der Waals surface area contributed by atoms with E-state index in [0.717, 1.165) is 19.4 Å². The van der Waals surface area contributed by atoms with E-state index in [9.17, 15) is 9.18 Å². The molecule has 0 spiro atoms. The van der Waals surface area contributed by atoms with Gasteiger partial charge in [-0.2, -0.15) is 0 Å². The van der Waals surface area contributed by atoms with Gasteiger partial charge in [0.15, 0.2) is 0 Å². The fourth-order valence-corrected chi connectivity index (χ4v) is 2.28. The molecule has 1 amide bonds. The second-order valence-electron chi connectivity index (χ2n) is 4.69. The lowest BCUT2D eigenvalue weighted by atomic mass is 10.1. The van der Waals surface area contributed by atoms with E-state index in [4.69, 9.17) is 5.73 Å². The number of para-hydroxylation sites is 1. The molecule has 1 aliphatic rings. The summed E-state index contributed by atoms with van der Waals surface area (Å²) < 4.78 is 13.2. The summed E-state index contributed by atoms with van der Waals surface area (Å²) in [5.41, 5.74) is 5.66. The predicted molar refractivity (Wildman–Crippen MR) is 68.8 cm³/mol. The monoisotopic (exact) mass is 251 g/mol. The van der Waals surface area contributed by atoms with E-state index in [0.29, 0.717) is 12.6 Å². The Balaban J connectivity index is 1.97. The molecule has 0 radical (unpaired) electrons. The third-order valence-corrected chi connectivity index (χ3v) is 3.47. The number of likely N-dealkylation sites (tertiary alicyclic amines) is 1. The molecule has 0 saturated carbocycles. The summed E-state index contributed by atoms with van der Waals surface area (Å²) in [6.07, 6.45) is 2.23. The van der Waals surface area contributed by atoms with Crippen LogP contribution in [0.15, 0.2) is 18.2 Å². The van der Waals surface area contributed by atoms with Crippen molar-refractivity contribution in [1.82, 2.24) is 10.2 Å². The zero-order valence-corrected chi connectivity index (χ0v) is 10.4. The molecule has 1 aliphatic heterocycles. The Hall–Kier alpha value is -1.62. The number of halogens is 1. The van der Waals surface area contributed by atoms with E-state index in [1.54, 1.807) is 0 Å². The van der Waals surface area contributed by atoms with Crippen molar-refractivity contribution in [2.45, 2.75) is 18.9 Å². The Kier molecular flexibility index (Phi) is 3.81. The molecular formula is C13H18FN3O. The highest BCUT2D eigenvalue weighted by Crippen LogP contribution is 2.17. The smallest absolute Gasteiger partial charge is 0.253 e. The van der Waals surface area contributed by atoms with E-state index >= 15 is 0 Å². The number of benzene rings is 1. The highest BCUT2D eigenvalue weighted by Gasteiger charge is 2.21. The number of nitrogens with two attached hydrogens (primary N) is 1. The molecule has 1 saturated heterocycles. The topological polar surface area (TPSA) is 58.4 Å². The number of hydrogen-bond acceptors (Lipinski definition) is 3. The standard InChI is InChI=1S/C13H18FN3O/c1-17-7-3-4-9(17)8-16-13(18)10-5-2-6-11(14)12(10)15/h2,5-6,9H,3-4,7-8,15H2,1H3,(H,16,18). The first-order valence-corrected chi connectivity index (χ1v) is 6.12. The number of carbonyl (C=O) groups excluding carboxylic acids is 1. The second-order valence-corrected chi connectivity index (χ2v) is 4.69. The number of nitrogens with zero attached hydrogens (tertiary/aromatic N) is 1. The molecule has 2 rings (SSSR count). The molecule has 1 aromatic rings. The molecular weight excluding hydrogens is 233 g/mol. The van der Waals surface area contributed by atoms with Gasteiger partial charge in [0, 0.05) is 12.6 Å². The lowest BCUT2D eigenvalue weighted by Crippen LogP contribution is -2.38. The van der Waals surface area contributed by atoms with Gasteiger partial charge in [-0.15, -0.1) is 0 Å². The zero-order chi connectivity index (χ0) is 13.1. The minimum absolute atomic E-state index is 0.0882. The summed E-state index contributed by atoms with van der Waals surface area (Å²) in [7, 11) is 2.04. The van der Waals surface area contributed by atoms with Crippen LogP contribution in [0.25, 0.3) is 0 Å². The molecule has 4 nitrogen and oxygen atoms in total. The molecule has 1 unspecified atom stereocenters. The number of amides is 1. The average molecular weight is 251 g/mol. The third-order valence-electron chi connectivity index (χ3n) is 3.47.